The standard InChI is InChI=1S/C13H21N3O5/c1-15-7-9(2-3-11(15)17)14-13(20)16-4-5-21-8-10(16)6-12(18)19/h9-10H,2-8H2,1H3,(H,14,20)(H,18,19). The summed E-state index contributed by atoms with van der Waals surface area (Å²) in [5, 5.41) is 11.8. The SMILES string of the molecule is CN1CC(NC(=O)N2CCOCC2CC(=O)O)CCC1=O. The minimum absolute atomic E-state index is 0.0793. The second kappa shape index (κ2) is 6.75. The van der Waals surface area contributed by atoms with Crippen LogP contribution in [-0.2, 0) is 14.3 Å². The van der Waals surface area contributed by atoms with Gasteiger partial charge in [-0.3, -0.25) is 9.59 Å². The second-order valence-electron chi connectivity index (χ2n) is 5.48. The molecule has 0 aliphatic carbocycles. The fourth-order valence-electron chi connectivity index (χ4n) is 2.68. The Balaban J connectivity index is 1.91. The normalized spacial score (nSPS) is 26.6. The van der Waals surface area contributed by atoms with Gasteiger partial charge < -0.3 is 25.0 Å². The molecule has 2 saturated heterocycles. The Bertz CT molecular complexity index is 428. The van der Waals surface area contributed by atoms with Crippen LogP contribution in [0.4, 0.5) is 4.79 Å². The zero-order valence-electron chi connectivity index (χ0n) is 12.1. The third-order valence-electron chi connectivity index (χ3n) is 3.85. The molecule has 2 aliphatic heterocycles. The maximum Gasteiger partial charge on any atom is 0.318 e. The predicted molar refractivity (Wildman–Crippen MR) is 72.8 cm³/mol. The van der Waals surface area contributed by atoms with Gasteiger partial charge in [-0.1, -0.05) is 0 Å². The van der Waals surface area contributed by atoms with Gasteiger partial charge in [0.15, 0.2) is 0 Å². The van der Waals surface area contributed by atoms with Gasteiger partial charge in [-0.05, 0) is 6.42 Å². The molecule has 0 bridgehead atoms. The number of hydrogen-bond donors (Lipinski definition) is 2. The number of piperidine rings is 1. The molecule has 2 unspecified atom stereocenters. The molecule has 2 fully saturated rings. The highest BCUT2D eigenvalue weighted by atomic mass is 16.5. The van der Waals surface area contributed by atoms with Crippen molar-refractivity contribution in [1.29, 1.82) is 0 Å². The highest BCUT2D eigenvalue weighted by Gasteiger charge is 2.31. The third-order valence-corrected chi connectivity index (χ3v) is 3.85. The fourth-order valence-corrected chi connectivity index (χ4v) is 2.68. The van der Waals surface area contributed by atoms with Gasteiger partial charge in [0.2, 0.25) is 5.91 Å². The van der Waals surface area contributed by atoms with Crippen molar-refractivity contribution in [2.75, 3.05) is 33.4 Å². The summed E-state index contributed by atoms with van der Waals surface area (Å²) in [4.78, 5) is 37.7. The lowest BCUT2D eigenvalue weighted by molar-refractivity contribution is -0.139. The molecule has 3 amide bonds. The molecule has 0 radical (unpaired) electrons. The number of nitrogens with one attached hydrogen (secondary N) is 1. The number of aliphatic carboxylic acids is 1. The van der Waals surface area contributed by atoms with Gasteiger partial charge in [-0.15, -0.1) is 0 Å². The molecule has 2 atom stereocenters. The zero-order chi connectivity index (χ0) is 15.4. The molecular formula is C13H21N3O5. The summed E-state index contributed by atoms with van der Waals surface area (Å²) < 4.78 is 5.25. The lowest BCUT2D eigenvalue weighted by Gasteiger charge is -2.37. The topological polar surface area (TPSA) is 99.2 Å². The first-order valence-corrected chi connectivity index (χ1v) is 7.08. The van der Waals surface area contributed by atoms with Crippen molar-refractivity contribution >= 4 is 17.9 Å². The van der Waals surface area contributed by atoms with Crippen LogP contribution in [-0.4, -0.2) is 78.2 Å². The first-order chi connectivity index (χ1) is 9.97. The summed E-state index contributed by atoms with van der Waals surface area (Å²) in [5.74, 6) is -0.873. The molecular weight excluding hydrogens is 278 g/mol. The largest absolute Gasteiger partial charge is 0.481 e. The van der Waals surface area contributed by atoms with E-state index in [0.717, 1.165) is 0 Å². The van der Waals surface area contributed by atoms with Crippen LogP contribution in [0.25, 0.3) is 0 Å². The lowest BCUT2D eigenvalue weighted by Crippen LogP contribution is -2.57. The second-order valence-corrected chi connectivity index (χ2v) is 5.48. The Hall–Kier alpha value is -1.83. The maximum absolute atomic E-state index is 12.3. The van der Waals surface area contributed by atoms with Crippen LogP contribution < -0.4 is 5.32 Å². The van der Waals surface area contributed by atoms with Crippen LogP contribution in [0.15, 0.2) is 0 Å². The molecule has 2 heterocycles. The molecule has 8 heteroatoms. The molecule has 8 nitrogen and oxygen atoms in total. The molecule has 0 aromatic heterocycles. The van der Waals surface area contributed by atoms with Gasteiger partial charge in [0.1, 0.15) is 0 Å². The molecule has 0 saturated carbocycles. The Morgan fingerprint density at radius 3 is 2.90 bits per heavy atom. The monoisotopic (exact) mass is 299 g/mol. The van der Waals surface area contributed by atoms with E-state index in [2.05, 4.69) is 5.32 Å². The van der Waals surface area contributed by atoms with Crippen LogP contribution in [0, 0.1) is 0 Å². The molecule has 0 aromatic carbocycles. The quantitative estimate of drug-likeness (QED) is 0.731. The number of likely N-dealkylation sites (tertiary alicyclic amines) is 1. The van der Waals surface area contributed by atoms with E-state index in [4.69, 9.17) is 9.84 Å². The van der Waals surface area contributed by atoms with Crippen LogP contribution in [0.2, 0.25) is 0 Å². The molecule has 0 aromatic rings. The van der Waals surface area contributed by atoms with Crippen LogP contribution in [0.5, 0.6) is 0 Å². The van der Waals surface area contributed by atoms with Gasteiger partial charge in [0, 0.05) is 32.6 Å². The summed E-state index contributed by atoms with van der Waals surface area (Å²) >= 11 is 0. The van der Waals surface area contributed by atoms with E-state index in [1.807, 2.05) is 0 Å². The van der Waals surface area contributed by atoms with Crippen molar-refractivity contribution in [1.82, 2.24) is 15.1 Å². The fraction of sp³-hybridized carbons (Fsp3) is 0.769. The zero-order valence-corrected chi connectivity index (χ0v) is 12.1. The molecule has 21 heavy (non-hydrogen) atoms. The Morgan fingerprint density at radius 2 is 2.24 bits per heavy atom. The number of nitrogens with zero attached hydrogens (tertiary/aromatic N) is 2. The van der Waals surface area contributed by atoms with Crippen molar-refractivity contribution < 1.29 is 24.2 Å². The number of ether oxygens (including phenoxy) is 1. The average molecular weight is 299 g/mol. The van der Waals surface area contributed by atoms with Gasteiger partial charge in [0.25, 0.3) is 0 Å². The molecule has 2 rings (SSSR count). The Labute approximate surface area is 123 Å². The number of amides is 3. The van der Waals surface area contributed by atoms with E-state index in [1.165, 1.54) is 4.90 Å². The molecule has 0 spiro atoms. The summed E-state index contributed by atoms with van der Waals surface area (Å²) in [7, 11) is 1.71. The predicted octanol–water partition coefficient (Wildman–Crippen LogP) is -0.508. The van der Waals surface area contributed by atoms with Gasteiger partial charge >= 0.3 is 12.0 Å². The van der Waals surface area contributed by atoms with E-state index in [9.17, 15) is 14.4 Å². The minimum Gasteiger partial charge on any atom is -0.481 e. The number of likely N-dealkylation sites (N-methyl/N-ethyl adjacent to an activating group) is 1. The summed E-state index contributed by atoms with van der Waals surface area (Å²) in [5.41, 5.74) is 0. The van der Waals surface area contributed by atoms with E-state index < -0.39 is 12.0 Å². The number of carboxylic acids is 1. The number of carboxylic acid groups (broad SMARTS) is 1. The summed E-state index contributed by atoms with van der Waals surface area (Å²) in [6.45, 7) is 1.51. The van der Waals surface area contributed by atoms with Gasteiger partial charge in [-0.2, -0.15) is 0 Å². The van der Waals surface area contributed by atoms with Gasteiger partial charge in [-0.25, -0.2) is 4.79 Å². The first kappa shape index (κ1) is 15.6. The molecule has 2 N–H and O–H groups in total. The Morgan fingerprint density at radius 1 is 1.48 bits per heavy atom. The average Bonchev–Trinajstić information content (AvgIpc) is 2.43. The van der Waals surface area contributed by atoms with Crippen molar-refractivity contribution in [2.45, 2.75) is 31.3 Å². The lowest BCUT2D eigenvalue weighted by atomic mass is 10.1. The number of hydrogen-bond acceptors (Lipinski definition) is 4. The Kier molecular flexibility index (Phi) is 5.00. The number of morpholine rings is 1. The van der Waals surface area contributed by atoms with Crippen LogP contribution >= 0.6 is 0 Å². The van der Waals surface area contributed by atoms with Crippen molar-refractivity contribution in [3.63, 3.8) is 0 Å². The van der Waals surface area contributed by atoms with Crippen molar-refractivity contribution in [3.8, 4) is 0 Å². The minimum atomic E-state index is -0.953. The first-order valence-electron chi connectivity index (χ1n) is 7.08. The van der Waals surface area contributed by atoms with Crippen molar-refractivity contribution in [3.05, 3.63) is 0 Å². The summed E-state index contributed by atoms with van der Waals surface area (Å²) in [6, 6.07) is -0.815. The molecule has 2 aliphatic rings. The third kappa shape index (κ3) is 4.07. The smallest absolute Gasteiger partial charge is 0.318 e. The van der Waals surface area contributed by atoms with E-state index in [0.29, 0.717) is 32.5 Å². The number of urea groups is 1. The number of rotatable bonds is 3. The van der Waals surface area contributed by atoms with E-state index >= 15 is 0 Å². The van der Waals surface area contributed by atoms with Crippen molar-refractivity contribution in [2.24, 2.45) is 0 Å². The summed E-state index contributed by atoms with van der Waals surface area (Å²) in [6.07, 6.45) is 0.905. The van der Waals surface area contributed by atoms with Crippen LogP contribution in [0.1, 0.15) is 19.3 Å². The van der Waals surface area contributed by atoms with E-state index in [1.54, 1.807) is 11.9 Å². The number of carbonyl (C=O) groups excluding carboxylic acids is 2. The molecule has 118 valence electrons. The van der Waals surface area contributed by atoms with E-state index in [-0.39, 0.29) is 31.0 Å². The van der Waals surface area contributed by atoms with Crippen LogP contribution in [0.3, 0.4) is 0 Å². The number of carbonyl (C=O) groups is 3. The van der Waals surface area contributed by atoms with Gasteiger partial charge in [0.05, 0.1) is 25.7 Å². The highest BCUT2D eigenvalue weighted by molar-refractivity contribution is 5.79. The maximum atomic E-state index is 12.3. The highest BCUT2D eigenvalue weighted by Crippen LogP contribution is 2.14.